The fourth-order valence-corrected chi connectivity index (χ4v) is 1.34. The summed E-state index contributed by atoms with van der Waals surface area (Å²) in [5.74, 6) is 2.63. The van der Waals surface area contributed by atoms with Crippen LogP contribution in [0.2, 0.25) is 0 Å². The molecule has 0 saturated carbocycles. The largest absolute Gasteiger partial charge is 0.373 e. The van der Waals surface area contributed by atoms with E-state index in [1.54, 1.807) is 0 Å². The van der Waals surface area contributed by atoms with Crippen LogP contribution in [-0.4, -0.2) is 24.1 Å². The lowest BCUT2D eigenvalue weighted by atomic mass is 9.95. The van der Waals surface area contributed by atoms with Crippen LogP contribution >= 0.6 is 0 Å². The Balaban J connectivity index is 3.33. The second-order valence-corrected chi connectivity index (χ2v) is 4.62. The van der Waals surface area contributed by atoms with E-state index in [-0.39, 0.29) is 5.41 Å². The Hall–Kier alpha value is -1.32. The smallest absolute Gasteiger partial charge is 0.138 e. The number of rotatable bonds is 2. The van der Waals surface area contributed by atoms with E-state index < -0.39 is 0 Å². The highest BCUT2D eigenvalue weighted by Gasteiger charge is 2.20. The lowest BCUT2D eigenvalue weighted by Crippen LogP contribution is -2.18. The van der Waals surface area contributed by atoms with Crippen molar-refractivity contribution in [2.75, 3.05) is 24.7 Å². The first kappa shape index (κ1) is 11.8. The predicted molar refractivity (Wildman–Crippen MR) is 64.6 cm³/mol. The van der Waals surface area contributed by atoms with Crippen LogP contribution in [0.3, 0.4) is 0 Å². The molecule has 0 aliphatic rings. The molecular formula is C11H20N4. The monoisotopic (exact) mass is 208 g/mol. The SMILES string of the molecule is CNc1nc(C(C)(C)C)nc(NC)c1C. The highest BCUT2D eigenvalue weighted by atomic mass is 15.1. The van der Waals surface area contributed by atoms with E-state index in [0.29, 0.717) is 0 Å². The molecule has 0 aliphatic heterocycles. The number of hydrogen-bond acceptors (Lipinski definition) is 4. The minimum atomic E-state index is -0.0368. The van der Waals surface area contributed by atoms with Gasteiger partial charge in [0, 0.05) is 25.1 Å². The van der Waals surface area contributed by atoms with Crippen LogP contribution in [0.25, 0.3) is 0 Å². The molecule has 0 saturated heterocycles. The van der Waals surface area contributed by atoms with Crippen molar-refractivity contribution in [2.24, 2.45) is 0 Å². The number of anilines is 2. The Morgan fingerprint density at radius 2 is 1.33 bits per heavy atom. The minimum absolute atomic E-state index is 0.0368. The first-order valence-electron chi connectivity index (χ1n) is 5.14. The van der Waals surface area contributed by atoms with E-state index in [1.807, 2.05) is 21.0 Å². The van der Waals surface area contributed by atoms with E-state index >= 15 is 0 Å². The third-order valence-corrected chi connectivity index (χ3v) is 2.29. The summed E-state index contributed by atoms with van der Waals surface area (Å²) in [6.07, 6.45) is 0. The third-order valence-electron chi connectivity index (χ3n) is 2.29. The van der Waals surface area contributed by atoms with Crippen molar-refractivity contribution in [3.63, 3.8) is 0 Å². The molecule has 2 N–H and O–H groups in total. The maximum absolute atomic E-state index is 4.51. The molecule has 0 spiro atoms. The average Bonchev–Trinajstić information content (AvgIpc) is 2.16. The molecule has 0 radical (unpaired) electrons. The number of aromatic nitrogens is 2. The van der Waals surface area contributed by atoms with Crippen LogP contribution in [0.5, 0.6) is 0 Å². The summed E-state index contributed by atoms with van der Waals surface area (Å²) in [5.41, 5.74) is 1.01. The Morgan fingerprint density at radius 1 is 0.933 bits per heavy atom. The molecular weight excluding hydrogens is 188 g/mol. The van der Waals surface area contributed by atoms with Gasteiger partial charge in [-0.25, -0.2) is 9.97 Å². The minimum Gasteiger partial charge on any atom is -0.373 e. The van der Waals surface area contributed by atoms with E-state index in [9.17, 15) is 0 Å². The van der Waals surface area contributed by atoms with Gasteiger partial charge in [0.25, 0.3) is 0 Å². The summed E-state index contributed by atoms with van der Waals surface area (Å²) in [6.45, 7) is 8.33. The summed E-state index contributed by atoms with van der Waals surface area (Å²) in [6, 6.07) is 0. The van der Waals surface area contributed by atoms with Crippen molar-refractivity contribution in [3.8, 4) is 0 Å². The molecule has 1 aromatic rings. The normalized spacial score (nSPS) is 11.3. The van der Waals surface area contributed by atoms with Crippen molar-refractivity contribution in [1.29, 1.82) is 0 Å². The van der Waals surface area contributed by atoms with Gasteiger partial charge in [-0.1, -0.05) is 20.8 Å². The van der Waals surface area contributed by atoms with E-state index in [2.05, 4.69) is 41.4 Å². The van der Waals surface area contributed by atoms with Gasteiger partial charge in [0.2, 0.25) is 0 Å². The van der Waals surface area contributed by atoms with Gasteiger partial charge in [0.1, 0.15) is 17.5 Å². The molecule has 1 aromatic heterocycles. The molecule has 0 atom stereocenters. The van der Waals surface area contributed by atoms with Crippen LogP contribution in [-0.2, 0) is 5.41 Å². The first-order chi connectivity index (χ1) is 6.90. The lowest BCUT2D eigenvalue weighted by molar-refractivity contribution is 0.546. The molecule has 4 nitrogen and oxygen atoms in total. The van der Waals surface area contributed by atoms with Crippen molar-refractivity contribution >= 4 is 11.6 Å². The molecule has 0 amide bonds. The molecule has 1 heterocycles. The summed E-state index contributed by atoms with van der Waals surface area (Å²) >= 11 is 0. The molecule has 1 rings (SSSR count). The van der Waals surface area contributed by atoms with Crippen LogP contribution < -0.4 is 10.6 Å². The van der Waals surface area contributed by atoms with E-state index in [1.165, 1.54) is 0 Å². The highest BCUT2D eigenvalue weighted by molar-refractivity contribution is 5.57. The Labute approximate surface area is 91.5 Å². The quantitative estimate of drug-likeness (QED) is 0.782. The fourth-order valence-electron chi connectivity index (χ4n) is 1.34. The molecule has 0 aliphatic carbocycles. The molecule has 84 valence electrons. The van der Waals surface area contributed by atoms with Crippen molar-refractivity contribution in [2.45, 2.75) is 33.1 Å². The Kier molecular flexibility index (Phi) is 3.17. The third kappa shape index (κ3) is 2.37. The van der Waals surface area contributed by atoms with Gasteiger partial charge in [-0.3, -0.25) is 0 Å². The fraction of sp³-hybridized carbons (Fsp3) is 0.636. The molecule has 0 aromatic carbocycles. The van der Waals surface area contributed by atoms with E-state index in [0.717, 1.165) is 23.0 Å². The van der Waals surface area contributed by atoms with Crippen LogP contribution in [0.1, 0.15) is 32.2 Å². The lowest BCUT2D eigenvalue weighted by Gasteiger charge is -2.20. The second-order valence-electron chi connectivity index (χ2n) is 4.62. The van der Waals surface area contributed by atoms with Crippen molar-refractivity contribution < 1.29 is 0 Å². The van der Waals surface area contributed by atoms with Gasteiger partial charge in [0.15, 0.2) is 0 Å². The van der Waals surface area contributed by atoms with Gasteiger partial charge in [-0.05, 0) is 6.92 Å². The van der Waals surface area contributed by atoms with Crippen LogP contribution in [0, 0.1) is 6.92 Å². The van der Waals surface area contributed by atoms with Crippen molar-refractivity contribution in [3.05, 3.63) is 11.4 Å². The maximum atomic E-state index is 4.51. The summed E-state index contributed by atoms with van der Waals surface area (Å²) in [4.78, 5) is 9.02. The zero-order valence-corrected chi connectivity index (χ0v) is 10.4. The summed E-state index contributed by atoms with van der Waals surface area (Å²) in [7, 11) is 3.75. The Bertz CT molecular complexity index is 327. The summed E-state index contributed by atoms with van der Waals surface area (Å²) < 4.78 is 0. The molecule has 4 heteroatoms. The number of hydrogen-bond donors (Lipinski definition) is 2. The average molecular weight is 208 g/mol. The molecule has 15 heavy (non-hydrogen) atoms. The molecule has 0 unspecified atom stereocenters. The zero-order valence-electron chi connectivity index (χ0n) is 10.4. The molecule has 0 bridgehead atoms. The Morgan fingerprint density at radius 3 is 1.60 bits per heavy atom. The van der Waals surface area contributed by atoms with Crippen molar-refractivity contribution in [1.82, 2.24) is 9.97 Å². The van der Waals surface area contributed by atoms with Gasteiger partial charge < -0.3 is 10.6 Å². The van der Waals surface area contributed by atoms with E-state index in [4.69, 9.17) is 0 Å². The zero-order chi connectivity index (χ0) is 11.6. The van der Waals surface area contributed by atoms with Gasteiger partial charge in [-0.2, -0.15) is 0 Å². The predicted octanol–water partition coefficient (Wildman–Crippen LogP) is 2.17. The topological polar surface area (TPSA) is 49.8 Å². The highest BCUT2D eigenvalue weighted by Crippen LogP contribution is 2.25. The number of nitrogens with one attached hydrogen (secondary N) is 2. The van der Waals surface area contributed by atoms with Gasteiger partial charge >= 0.3 is 0 Å². The standard InChI is InChI=1S/C11H20N4/c1-7-8(12-5)14-10(11(2,3)4)15-9(7)13-6/h1-6H3,(H2,12,13,14,15). The first-order valence-corrected chi connectivity index (χ1v) is 5.14. The second kappa shape index (κ2) is 4.04. The van der Waals surface area contributed by atoms with Crippen LogP contribution in [0.15, 0.2) is 0 Å². The van der Waals surface area contributed by atoms with Gasteiger partial charge in [0.05, 0.1) is 0 Å². The molecule has 0 fully saturated rings. The number of nitrogens with zero attached hydrogens (tertiary/aromatic N) is 2. The van der Waals surface area contributed by atoms with Gasteiger partial charge in [-0.15, -0.1) is 0 Å². The van der Waals surface area contributed by atoms with Crippen LogP contribution in [0.4, 0.5) is 11.6 Å². The maximum Gasteiger partial charge on any atom is 0.138 e. The summed E-state index contributed by atoms with van der Waals surface area (Å²) in [5, 5.41) is 6.18.